The molecule has 2 N–H and O–H groups in total. The van der Waals surface area contributed by atoms with Crippen LogP contribution in [-0.4, -0.2) is 60.2 Å². The Balaban J connectivity index is 1.57. The molecule has 1 amide bonds. The molecule has 0 unspecified atom stereocenters. The van der Waals surface area contributed by atoms with E-state index in [9.17, 15) is 4.79 Å². The summed E-state index contributed by atoms with van der Waals surface area (Å²) in [5.74, 6) is 0.226. The molecule has 26 heavy (non-hydrogen) atoms. The molecule has 0 radical (unpaired) electrons. The van der Waals surface area contributed by atoms with E-state index in [4.69, 9.17) is 4.74 Å². The Morgan fingerprint density at radius 1 is 1.23 bits per heavy atom. The lowest BCUT2D eigenvalue weighted by Crippen LogP contribution is -2.41. The highest BCUT2D eigenvalue weighted by Crippen LogP contribution is 2.20. The zero-order valence-corrected chi connectivity index (χ0v) is 15.3. The van der Waals surface area contributed by atoms with Gasteiger partial charge in [-0.3, -0.25) is 9.69 Å². The van der Waals surface area contributed by atoms with Gasteiger partial charge in [-0.2, -0.15) is 0 Å². The molecule has 1 aliphatic heterocycles. The van der Waals surface area contributed by atoms with Gasteiger partial charge in [-0.05, 0) is 37.1 Å². The fourth-order valence-electron chi connectivity index (χ4n) is 2.80. The van der Waals surface area contributed by atoms with E-state index in [1.165, 1.54) is 5.56 Å². The number of ether oxygens (including phenoxy) is 1. The maximum absolute atomic E-state index is 12.3. The first-order valence-corrected chi connectivity index (χ1v) is 8.88. The predicted molar refractivity (Wildman–Crippen MR) is 101 cm³/mol. The molecule has 0 spiro atoms. The first-order chi connectivity index (χ1) is 12.6. The topological polar surface area (TPSA) is 79.4 Å². The molecule has 0 atom stereocenters. The van der Waals surface area contributed by atoms with E-state index in [-0.39, 0.29) is 5.91 Å². The third-order valence-corrected chi connectivity index (χ3v) is 4.56. The van der Waals surface area contributed by atoms with Crippen molar-refractivity contribution in [2.75, 3.05) is 44.7 Å². The van der Waals surface area contributed by atoms with Crippen LogP contribution in [0, 0.1) is 13.8 Å². The van der Waals surface area contributed by atoms with E-state index < -0.39 is 0 Å². The third kappa shape index (κ3) is 4.77. The van der Waals surface area contributed by atoms with Gasteiger partial charge in [0.15, 0.2) is 0 Å². The van der Waals surface area contributed by atoms with Gasteiger partial charge in [0.1, 0.15) is 5.69 Å². The second-order valence-electron chi connectivity index (χ2n) is 6.35. The molecule has 7 nitrogen and oxygen atoms in total. The molecular formula is C19H25N5O2. The van der Waals surface area contributed by atoms with Crippen molar-refractivity contribution >= 4 is 17.5 Å². The molecule has 1 aliphatic rings. The van der Waals surface area contributed by atoms with Gasteiger partial charge in [-0.15, -0.1) is 0 Å². The van der Waals surface area contributed by atoms with Crippen molar-refractivity contribution in [1.29, 1.82) is 0 Å². The summed E-state index contributed by atoms with van der Waals surface area (Å²) < 4.78 is 5.32. The second-order valence-corrected chi connectivity index (χ2v) is 6.35. The first kappa shape index (κ1) is 18.3. The summed E-state index contributed by atoms with van der Waals surface area (Å²) in [6.45, 7) is 8.83. The van der Waals surface area contributed by atoms with Gasteiger partial charge in [-0.25, -0.2) is 9.97 Å². The largest absolute Gasteiger partial charge is 0.379 e. The summed E-state index contributed by atoms with van der Waals surface area (Å²) in [7, 11) is 0. The van der Waals surface area contributed by atoms with E-state index in [1.807, 2.05) is 19.1 Å². The Labute approximate surface area is 153 Å². The Hall–Kier alpha value is -2.51. The summed E-state index contributed by atoms with van der Waals surface area (Å²) in [5, 5.41) is 6.11. The average molecular weight is 355 g/mol. The highest BCUT2D eigenvalue weighted by atomic mass is 16.5. The molecule has 1 saturated heterocycles. The number of hydrogen-bond donors (Lipinski definition) is 2. The minimum Gasteiger partial charge on any atom is -0.379 e. The van der Waals surface area contributed by atoms with Gasteiger partial charge in [0, 0.05) is 38.1 Å². The number of nitrogens with zero attached hydrogens (tertiary/aromatic N) is 3. The zero-order chi connectivity index (χ0) is 18.4. The second kappa shape index (κ2) is 8.73. The quantitative estimate of drug-likeness (QED) is 0.824. The predicted octanol–water partition coefficient (Wildman–Crippen LogP) is 1.90. The molecule has 0 bridgehead atoms. The van der Waals surface area contributed by atoms with Crippen LogP contribution in [0.4, 0.5) is 11.6 Å². The van der Waals surface area contributed by atoms with Gasteiger partial charge in [0.05, 0.1) is 13.2 Å². The van der Waals surface area contributed by atoms with Gasteiger partial charge < -0.3 is 15.4 Å². The molecule has 3 rings (SSSR count). The fraction of sp³-hybridized carbons (Fsp3) is 0.421. The number of nitrogens with one attached hydrogen (secondary N) is 2. The van der Waals surface area contributed by atoms with Gasteiger partial charge in [-0.1, -0.05) is 12.1 Å². The third-order valence-electron chi connectivity index (χ3n) is 4.56. The van der Waals surface area contributed by atoms with Crippen molar-refractivity contribution in [1.82, 2.24) is 20.2 Å². The highest BCUT2D eigenvalue weighted by Gasteiger charge is 2.12. The number of anilines is 2. The van der Waals surface area contributed by atoms with Crippen molar-refractivity contribution in [3.8, 4) is 0 Å². The SMILES string of the molecule is Cc1cccc(Nc2nccc(C(=O)NCCN3CCOCC3)n2)c1C. The lowest BCUT2D eigenvalue weighted by atomic mass is 10.1. The number of aromatic nitrogens is 2. The van der Waals surface area contributed by atoms with Crippen molar-refractivity contribution < 1.29 is 9.53 Å². The number of amides is 1. The lowest BCUT2D eigenvalue weighted by molar-refractivity contribution is 0.0383. The van der Waals surface area contributed by atoms with Crippen molar-refractivity contribution in [2.45, 2.75) is 13.8 Å². The molecule has 1 aromatic heterocycles. The van der Waals surface area contributed by atoms with Crippen molar-refractivity contribution in [2.24, 2.45) is 0 Å². The summed E-state index contributed by atoms with van der Waals surface area (Å²) in [4.78, 5) is 23.2. The highest BCUT2D eigenvalue weighted by molar-refractivity contribution is 5.92. The fourth-order valence-corrected chi connectivity index (χ4v) is 2.80. The van der Waals surface area contributed by atoms with E-state index in [1.54, 1.807) is 12.3 Å². The normalized spacial score (nSPS) is 14.8. The Bertz CT molecular complexity index is 759. The molecule has 7 heteroatoms. The number of carbonyl (C=O) groups excluding carboxylic acids is 1. The van der Waals surface area contributed by atoms with Crippen LogP contribution in [-0.2, 0) is 4.74 Å². The van der Waals surface area contributed by atoms with Gasteiger partial charge >= 0.3 is 0 Å². The molecular weight excluding hydrogens is 330 g/mol. The maximum atomic E-state index is 12.3. The van der Waals surface area contributed by atoms with Crippen LogP contribution in [0.5, 0.6) is 0 Å². The summed E-state index contributed by atoms with van der Waals surface area (Å²) >= 11 is 0. The van der Waals surface area contributed by atoms with Crippen LogP contribution in [0.3, 0.4) is 0 Å². The molecule has 2 heterocycles. The van der Waals surface area contributed by atoms with Gasteiger partial charge in [0.25, 0.3) is 5.91 Å². The lowest BCUT2D eigenvalue weighted by Gasteiger charge is -2.26. The monoisotopic (exact) mass is 355 g/mol. The Kier molecular flexibility index (Phi) is 6.14. The van der Waals surface area contributed by atoms with Crippen LogP contribution in [0.1, 0.15) is 21.6 Å². The number of hydrogen-bond acceptors (Lipinski definition) is 6. The molecule has 138 valence electrons. The molecule has 2 aromatic rings. The molecule has 1 fully saturated rings. The molecule has 0 aliphatic carbocycles. The van der Waals surface area contributed by atoms with Crippen molar-refractivity contribution in [3.63, 3.8) is 0 Å². The van der Waals surface area contributed by atoms with E-state index >= 15 is 0 Å². The smallest absolute Gasteiger partial charge is 0.270 e. The standard InChI is InChI=1S/C19H25N5O2/c1-14-4-3-5-16(15(14)2)22-19-21-7-6-17(23-19)18(25)20-8-9-24-10-12-26-13-11-24/h3-7H,8-13H2,1-2H3,(H,20,25)(H,21,22,23). The van der Waals surface area contributed by atoms with Crippen molar-refractivity contribution in [3.05, 3.63) is 47.3 Å². The average Bonchev–Trinajstić information content (AvgIpc) is 2.66. The Morgan fingerprint density at radius 2 is 2.04 bits per heavy atom. The number of aryl methyl sites for hydroxylation is 1. The van der Waals surface area contributed by atoms with Gasteiger partial charge in [0.2, 0.25) is 5.95 Å². The number of carbonyl (C=O) groups is 1. The molecule has 1 aromatic carbocycles. The minimum atomic E-state index is -0.190. The van der Waals surface area contributed by atoms with E-state index in [0.717, 1.165) is 44.1 Å². The van der Waals surface area contributed by atoms with Crippen LogP contribution >= 0.6 is 0 Å². The van der Waals surface area contributed by atoms with Crippen LogP contribution < -0.4 is 10.6 Å². The zero-order valence-electron chi connectivity index (χ0n) is 15.3. The molecule has 0 saturated carbocycles. The Morgan fingerprint density at radius 3 is 2.85 bits per heavy atom. The van der Waals surface area contributed by atoms with Crippen LogP contribution in [0.25, 0.3) is 0 Å². The number of benzene rings is 1. The minimum absolute atomic E-state index is 0.190. The number of rotatable bonds is 6. The summed E-state index contributed by atoms with van der Waals surface area (Å²) in [5.41, 5.74) is 3.62. The number of morpholine rings is 1. The van der Waals surface area contributed by atoms with E-state index in [2.05, 4.69) is 38.5 Å². The first-order valence-electron chi connectivity index (χ1n) is 8.88. The summed E-state index contributed by atoms with van der Waals surface area (Å²) in [6, 6.07) is 7.63. The van der Waals surface area contributed by atoms with E-state index in [0.29, 0.717) is 18.2 Å². The van der Waals surface area contributed by atoms with Crippen LogP contribution in [0.2, 0.25) is 0 Å². The van der Waals surface area contributed by atoms with Crippen LogP contribution in [0.15, 0.2) is 30.5 Å². The summed E-state index contributed by atoms with van der Waals surface area (Å²) in [6.07, 6.45) is 1.59. The maximum Gasteiger partial charge on any atom is 0.270 e.